The van der Waals surface area contributed by atoms with Crippen molar-refractivity contribution in [3.8, 4) is 0 Å². The summed E-state index contributed by atoms with van der Waals surface area (Å²) in [7, 11) is 0. The first-order chi connectivity index (χ1) is 12.8. The summed E-state index contributed by atoms with van der Waals surface area (Å²) in [6.07, 6.45) is -1.93. The van der Waals surface area contributed by atoms with Crippen molar-refractivity contribution >= 4 is 11.7 Å². The monoisotopic (exact) mass is 382 g/mol. The van der Waals surface area contributed by atoms with Crippen molar-refractivity contribution in [2.45, 2.75) is 39.4 Å². The van der Waals surface area contributed by atoms with E-state index in [1.165, 1.54) is 17.2 Å². The number of hydrogen-bond donors (Lipinski definition) is 1. The third-order valence-corrected chi connectivity index (χ3v) is 4.67. The number of hydrogen-bond acceptors (Lipinski definition) is 5. The summed E-state index contributed by atoms with van der Waals surface area (Å²) in [4.78, 5) is 22.1. The van der Waals surface area contributed by atoms with E-state index >= 15 is 0 Å². The minimum Gasteiger partial charge on any atom is -0.444 e. The molecule has 0 aliphatic carbocycles. The van der Waals surface area contributed by atoms with Gasteiger partial charge in [-0.15, -0.1) is 0 Å². The Morgan fingerprint density at radius 1 is 1.41 bits per heavy atom. The zero-order valence-electron chi connectivity index (χ0n) is 15.1. The Bertz CT molecular complexity index is 800. The maximum absolute atomic E-state index is 13.2. The topological polar surface area (TPSA) is 71.3 Å². The molecule has 27 heavy (non-hydrogen) atoms. The number of oxazole rings is 1. The van der Waals surface area contributed by atoms with Crippen LogP contribution in [0.3, 0.4) is 0 Å². The van der Waals surface area contributed by atoms with Gasteiger partial charge in [-0.25, -0.2) is 9.97 Å². The highest BCUT2D eigenvalue weighted by atomic mass is 19.4. The molecule has 1 atom stereocenters. The lowest BCUT2D eigenvalue weighted by Crippen LogP contribution is -2.43. The van der Waals surface area contributed by atoms with Gasteiger partial charge >= 0.3 is 6.18 Å². The van der Waals surface area contributed by atoms with E-state index in [0.717, 1.165) is 11.8 Å². The highest BCUT2D eigenvalue weighted by Crippen LogP contribution is 2.36. The number of aromatic nitrogens is 2. The fraction of sp³-hybridized carbons (Fsp3) is 0.500. The number of piperidine rings is 1. The summed E-state index contributed by atoms with van der Waals surface area (Å²) in [6.45, 7) is 4.38. The molecule has 0 saturated carbocycles. The Kier molecular flexibility index (Phi) is 5.38. The van der Waals surface area contributed by atoms with Gasteiger partial charge < -0.3 is 14.6 Å². The van der Waals surface area contributed by atoms with Crippen molar-refractivity contribution in [3.05, 3.63) is 41.2 Å². The van der Waals surface area contributed by atoms with Crippen LogP contribution < -0.4 is 10.2 Å². The quantitative estimate of drug-likeness (QED) is 0.879. The molecule has 0 spiro atoms. The Morgan fingerprint density at radius 2 is 2.19 bits per heavy atom. The number of pyridine rings is 1. The van der Waals surface area contributed by atoms with E-state index in [1.54, 1.807) is 6.92 Å². The molecule has 0 bridgehead atoms. The maximum Gasteiger partial charge on any atom is 0.419 e. The molecule has 0 radical (unpaired) electrons. The first-order valence-electron chi connectivity index (χ1n) is 8.73. The van der Waals surface area contributed by atoms with Crippen LogP contribution >= 0.6 is 0 Å². The summed E-state index contributed by atoms with van der Waals surface area (Å²) >= 11 is 0. The van der Waals surface area contributed by atoms with Gasteiger partial charge in [0.1, 0.15) is 11.6 Å². The number of nitrogens with one attached hydrogen (secondary N) is 1. The van der Waals surface area contributed by atoms with Gasteiger partial charge in [0.15, 0.2) is 0 Å². The van der Waals surface area contributed by atoms with Gasteiger partial charge in [-0.2, -0.15) is 13.2 Å². The molecule has 3 rings (SSSR count). The molecular weight excluding hydrogens is 361 g/mol. The Labute approximate surface area is 154 Å². The first-order valence-corrected chi connectivity index (χ1v) is 8.73. The minimum absolute atomic E-state index is 0.124. The van der Waals surface area contributed by atoms with Gasteiger partial charge in [0, 0.05) is 19.3 Å². The van der Waals surface area contributed by atoms with Gasteiger partial charge in [0.05, 0.1) is 23.7 Å². The fourth-order valence-electron chi connectivity index (χ4n) is 3.18. The predicted molar refractivity (Wildman–Crippen MR) is 92.0 cm³/mol. The van der Waals surface area contributed by atoms with E-state index < -0.39 is 17.7 Å². The SMILES string of the molecule is Cc1nc(CNC(=O)C2CCCN(c3ncccc3C(F)(F)F)C2)oc1C. The number of rotatable bonds is 4. The molecule has 1 amide bonds. The lowest BCUT2D eigenvalue weighted by molar-refractivity contribution is -0.137. The first kappa shape index (κ1) is 19.2. The summed E-state index contributed by atoms with van der Waals surface area (Å²) in [5.41, 5.74) is -0.0188. The molecule has 1 aliphatic heterocycles. The summed E-state index contributed by atoms with van der Waals surface area (Å²) in [6, 6.07) is 2.28. The van der Waals surface area contributed by atoms with Crippen LogP contribution in [0.1, 0.15) is 35.7 Å². The van der Waals surface area contributed by atoms with Crippen molar-refractivity contribution in [1.29, 1.82) is 0 Å². The van der Waals surface area contributed by atoms with E-state index in [0.29, 0.717) is 31.0 Å². The molecule has 0 aromatic carbocycles. The molecule has 146 valence electrons. The van der Waals surface area contributed by atoms with Crippen LogP contribution in [0.4, 0.5) is 19.0 Å². The second-order valence-corrected chi connectivity index (χ2v) is 6.62. The molecule has 1 saturated heterocycles. The van der Waals surface area contributed by atoms with E-state index in [2.05, 4.69) is 15.3 Å². The van der Waals surface area contributed by atoms with Gasteiger partial charge in [0.25, 0.3) is 0 Å². The highest BCUT2D eigenvalue weighted by Gasteiger charge is 2.37. The molecular formula is C18H21F3N4O2. The van der Waals surface area contributed by atoms with Crippen molar-refractivity contribution in [1.82, 2.24) is 15.3 Å². The maximum atomic E-state index is 13.2. The largest absolute Gasteiger partial charge is 0.444 e. The predicted octanol–water partition coefficient (Wildman–Crippen LogP) is 3.24. The number of aryl methyl sites for hydroxylation is 2. The van der Waals surface area contributed by atoms with Crippen LogP contribution in [0, 0.1) is 19.8 Å². The Hall–Kier alpha value is -2.58. The summed E-state index contributed by atoms with van der Waals surface area (Å²) < 4.78 is 45.1. The molecule has 1 fully saturated rings. The molecule has 9 heteroatoms. The second-order valence-electron chi connectivity index (χ2n) is 6.62. The fourth-order valence-corrected chi connectivity index (χ4v) is 3.18. The number of carbonyl (C=O) groups excluding carboxylic acids is 1. The highest BCUT2D eigenvalue weighted by molar-refractivity contribution is 5.79. The molecule has 3 heterocycles. The average molecular weight is 382 g/mol. The van der Waals surface area contributed by atoms with Gasteiger partial charge in [-0.1, -0.05) is 0 Å². The smallest absolute Gasteiger partial charge is 0.419 e. The molecule has 1 aliphatic rings. The molecule has 1 N–H and O–H groups in total. The number of alkyl halides is 3. The third-order valence-electron chi connectivity index (χ3n) is 4.67. The zero-order chi connectivity index (χ0) is 19.6. The molecule has 2 aromatic heterocycles. The van der Waals surface area contributed by atoms with E-state index in [4.69, 9.17) is 4.42 Å². The minimum atomic E-state index is -4.49. The van der Waals surface area contributed by atoms with E-state index in [9.17, 15) is 18.0 Å². The molecule has 6 nitrogen and oxygen atoms in total. The summed E-state index contributed by atoms with van der Waals surface area (Å²) in [5, 5.41) is 2.76. The third kappa shape index (κ3) is 4.40. The Morgan fingerprint density at radius 3 is 2.85 bits per heavy atom. The number of amides is 1. The number of carbonyl (C=O) groups is 1. The standard InChI is InChI=1S/C18H21F3N4O2/c1-11-12(2)27-15(24-11)9-23-17(26)13-5-4-8-25(10-13)16-14(18(19,20)21)6-3-7-22-16/h3,6-7,13H,4-5,8-10H2,1-2H3,(H,23,26). The van der Waals surface area contributed by atoms with Crippen molar-refractivity contribution < 1.29 is 22.4 Å². The van der Waals surface area contributed by atoms with Crippen LogP contribution in [0.2, 0.25) is 0 Å². The number of halogens is 3. The van der Waals surface area contributed by atoms with Crippen molar-refractivity contribution in [2.75, 3.05) is 18.0 Å². The second kappa shape index (κ2) is 7.58. The number of nitrogens with zero attached hydrogens (tertiary/aromatic N) is 3. The van der Waals surface area contributed by atoms with Gasteiger partial charge in [0.2, 0.25) is 11.8 Å². The average Bonchev–Trinajstić information content (AvgIpc) is 2.97. The van der Waals surface area contributed by atoms with Gasteiger partial charge in [-0.3, -0.25) is 4.79 Å². The summed E-state index contributed by atoms with van der Waals surface area (Å²) in [5.74, 6) is 0.339. The molecule has 1 unspecified atom stereocenters. The van der Waals surface area contributed by atoms with Crippen molar-refractivity contribution in [2.24, 2.45) is 5.92 Å². The lowest BCUT2D eigenvalue weighted by atomic mass is 9.96. The Balaban J connectivity index is 1.66. The number of anilines is 1. The van der Waals surface area contributed by atoms with Crippen molar-refractivity contribution in [3.63, 3.8) is 0 Å². The lowest BCUT2D eigenvalue weighted by Gasteiger charge is -2.34. The van der Waals surface area contributed by atoms with Crippen LogP contribution in [-0.2, 0) is 17.5 Å². The van der Waals surface area contributed by atoms with Gasteiger partial charge in [-0.05, 0) is 38.8 Å². The van der Waals surface area contributed by atoms with Crippen LogP contribution in [-0.4, -0.2) is 29.0 Å². The van der Waals surface area contributed by atoms with Crippen LogP contribution in [0.25, 0.3) is 0 Å². The van der Waals surface area contributed by atoms with E-state index in [-0.39, 0.29) is 24.8 Å². The molecule has 2 aromatic rings. The van der Waals surface area contributed by atoms with Crippen LogP contribution in [0.15, 0.2) is 22.7 Å². The zero-order valence-corrected chi connectivity index (χ0v) is 15.1. The normalized spacial score (nSPS) is 17.8. The van der Waals surface area contributed by atoms with Crippen LogP contribution in [0.5, 0.6) is 0 Å². The van der Waals surface area contributed by atoms with E-state index in [1.807, 2.05) is 6.92 Å².